The molecule has 0 radical (unpaired) electrons. The molecule has 108 valence electrons. The summed E-state index contributed by atoms with van der Waals surface area (Å²) >= 11 is 0. The lowest BCUT2D eigenvalue weighted by atomic mass is 10.1. The van der Waals surface area contributed by atoms with Crippen LogP contribution in [0, 0.1) is 0 Å². The van der Waals surface area contributed by atoms with Crippen LogP contribution in [0.2, 0.25) is 0 Å². The van der Waals surface area contributed by atoms with Gasteiger partial charge in [-0.2, -0.15) is 0 Å². The average Bonchev–Trinajstić information content (AvgIpc) is 2.47. The first-order chi connectivity index (χ1) is 9.60. The van der Waals surface area contributed by atoms with Gasteiger partial charge in [0.05, 0.1) is 13.2 Å². The molecule has 0 saturated carbocycles. The molecule has 1 aromatic carbocycles. The van der Waals surface area contributed by atoms with E-state index >= 15 is 0 Å². The van der Waals surface area contributed by atoms with E-state index in [-0.39, 0.29) is 12.6 Å². The number of rotatable bonds is 3. The highest BCUT2D eigenvalue weighted by atomic mass is 16.5. The number of hydrogen-bond acceptors (Lipinski definition) is 3. The number of hydrogen-bond donors (Lipinski definition) is 2. The van der Waals surface area contributed by atoms with Gasteiger partial charge in [0.15, 0.2) is 6.10 Å². The van der Waals surface area contributed by atoms with Crippen molar-refractivity contribution in [3.05, 3.63) is 29.8 Å². The van der Waals surface area contributed by atoms with E-state index in [4.69, 9.17) is 10.5 Å². The normalized spacial score (nSPS) is 18.6. The Kier molecular flexibility index (Phi) is 4.57. The fraction of sp³-hybridized carbons (Fsp3) is 0.429. The highest BCUT2D eigenvalue weighted by Gasteiger charge is 2.27. The van der Waals surface area contributed by atoms with E-state index in [0.29, 0.717) is 13.2 Å². The number of carbonyl (C=O) groups is 2. The van der Waals surface area contributed by atoms with Crippen LogP contribution >= 0.6 is 0 Å². The monoisotopic (exact) mass is 277 g/mol. The summed E-state index contributed by atoms with van der Waals surface area (Å²) in [5.41, 5.74) is 7.10. The summed E-state index contributed by atoms with van der Waals surface area (Å²) in [5, 5.41) is 2.83. The van der Waals surface area contributed by atoms with Gasteiger partial charge in [0, 0.05) is 12.2 Å². The zero-order chi connectivity index (χ0) is 14.5. The summed E-state index contributed by atoms with van der Waals surface area (Å²) in [6, 6.07) is 7.44. The van der Waals surface area contributed by atoms with Crippen molar-refractivity contribution in [1.29, 1.82) is 0 Å². The third-order valence-electron chi connectivity index (χ3n) is 3.26. The number of carbonyl (C=O) groups excluding carboxylic acids is 2. The SMILES string of the molecule is CCc1cccc(NC(=O)N2CCOC(C(N)=O)C2)c1. The van der Waals surface area contributed by atoms with Gasteiger partial charge < -0.3 is 20.7 Å². The first-order valence-corrected chi connectivity index (χ1v) is 6.66. The number of aryl methyl sites for hydroxylation is 1. The molecule has 0 aliphatic carbocycles. The molecular weight excluding hydrogens is 258 g/mol. The fourth-order valence-corrected chi connectivity index (χ4v) is 2.08. The van der Waals surface area contributed by atoms with Gasteiger partial charge >= 0.3 is 6.03 Å². The highest BCUT2D eigenvalue weighted by molar-refractivity contribution is 5.90. The molecule has 1 aliphatic rings. The van der Waals surface area contributed by atoms with E-state index in [1.54, 1.807) is 0 Å². The summed E-state index contributed by atoms with van der Waals surface area (Å²) in [7, 11) is 0. The fourth-order valence-electron chi connectivity index (χ4n) is 2.08. The van der Waals surface area contributed by atoms with Crippen molar-refractivity contribution in [2.45, 2.75) is 19.4 Å². The third-order valence-corrected chi connectivity index (χ3v) is 3.26. The van der Waals surface area contributed by atoms with Crippen LogP contribution in [0.5, 0.6) is 0 Å². The topological polar surface area (TPSA) is 84.7 Å². The van der Waals surface area contributed by atoms with Gasteiger partial charge in [0.25, 0.3) is 0 Å². The third kappa shape index (κ3) is 3.48. The van der Waals surface area contributed by atoms with Crippen LogP contribution in [0.1, 0.15) is 12.5 Å². The number of anilines is 1. The van der Waals surface area contributed by atoms with Crippen molar-refractivity contribution < 1.29 is 14.3 Å². The first kappa shape index (κ1) is 14.3. The smallest absolute Gasteiger partial charge is 0.322 e. The molecule has 6 nitrogen and oxygen atoms in total. The molecule has 1 fully saturated rings. The summed E-state index contributed by atoms with van der Waals surface area (Å²) in [6.07, 6.45) is 0.182. The second-order valence-electron chi connectivity index (χ2n) is 4.69. The minimum absolute atomic E-state index is 0.189. The molecule has 1 heterocycles. The lowest BCUT2D eigenvalue weighted by Gasteiger charge is -2.31. The van der Waals surface area contributed by atoms with Crippen LogP contribution < -0.4 is 11.1 Å². The molecule has 1 atom stereocenters. The Morgan fingerprint density at radius 2 is 2.30 bits per heavy atom. The largest absolute Gasteiger partial charge is 0.367 e. The Morgan fingerprint density at radius 3 is 3.00 bits per heavy atom. The van der Waals surface area contributed by atoms with Crippen LogP contribution in [-0.2, 0) is 16.0 Å². The Balaban J connectivity index is 1.98. The second-order valence-corrected chi connectivity index (χ2v) is 4.69. The van der Waals surface area contributed by atoms with Crippen LogP contribution in [0.15, 0.2) is 24.3 Å². The Hall–Kier alpha value is -2.08. The lowest BCUT2D eigenvalue weighted by molar-refractivity contribution is -0.133. The van der Waals surface area contributed by atoms with Crippen LogP contribution in [0.25, 0.3) is 0 Å². The maximum absolute atomic E-state index is 12.1. The predicted molar refractivity (Wildman–Crippen MR) is 75.3 cm³/mol. The van der Waals surface area contributed by atoms with Gasteiger partial charge in [0.2, 0.25) is 5.91 Å². The number of nitrogens with two attached hydrogens (primary N) is 1. The van der Waals surface area contributed by atoms with Crippen molar-refractivity contribution in [2.75, 3.05) is 25.0 Å². The maximum Gasteiger partial charge on any atom is 0.322 e. The predicted octanol–water partition coefficient (Wildman–Crippen LogP) is 0.967. The van der Waals surface area contributed by atoms with E-state index in [1.165, 1.54) is 4.90 Å². The molecule has 3 N–H and O–H groups in total. The molecule has 0 spiro atoms. The second kappa shape index (κ2) is 6.38. The Morgan fingerprint density at radius 1 is 1.50 bits per heavy atom. The Bertz CT molecular complexity index is 504. The van der Waals surface area contributed by atoms with Gasteiger partial charge in [0.1, 0.15) is 0 Å². The molecule has 1 unspecified atom stereocenters. The van der Waals surface area contributed by atoms with Gasteiger partial charge in [-0.05, 0) is 24.1 Å². The molecule has 0 bridgehead atoms. The minimum Gasteiger partial charge on any atom is -0.367 e. The number of nitrogens with one attached hydrogen (secondary N) is 1. The van der Waals surface area contributed by atoms with Crippen LogP contribution in [0.3, 0.4) is 0 Å². The van der Waals surface area contributed by atoms with Crippen molar-refractivity contribution in [1.82, 2.24) is 4.90 Å². The van der Waals surface area contributed by atoms with Crippen molar-refractivity contribution in [3.63, 3.8) is 0 Å². The van der Waals surface area contributed by atoms with Crippen molar-refractivity contribution >= 4 is 17.6 Å². The number of morpholine rings is 1. The molecular formula is C14H19N3O3. The Labute approximate surface area is 117 Å². The molecule has 2 rings (SSSR count). The van der Waals surface area contributed by atoms with E-state index in [9.17, 15) is 9.59 Å². The number of primary amides is 1. The van der Waals surface area contributed by atoms with Gasteiger partial charge in [-0.3, -0.25) is 4.79 Å². The van der Waals surface area contributed by atoms with Gasteiger partial charge in [-0.15, -0.1) is 0 Å². The highest BCUT2D eigenvalue weighted by Crippen LogP contribution is 2.13. The van der Waals surface area contributed by atoms with Crippen molar-refractivity contribution in [2.24, 2.45) is 5.73 Å². The quantitative estimate of drug-likeness (QED) is 0.863. The number of benzene rings is 1. The van der Waals surface area contributed by atoms with Gasteiger partial charge in [-0.1, -0.05) is 19.1 Å². The molecule has 1 saturated heterocycles. The molecule has 3 amide bonds. The summed E-state index contributed by atoms with van der Waals surface area (Å²) in [4.78, 5) is 24.8. The summed E-state index contributed by atoms with van der Waals surface area (Å²) in [6.45, 7) is 3.01. The van der Waals surface area contributed by atoms with E-state index in [1.807, 2.05) is 24.3 Å². The molecule has 1 aliphatic heterocycles. The van der Waals surface area contributed by atoms with Crippen molar-refractivity contribution in [3.8, 4) is 0 Å². The zero-order valence-electron chi connectivity index (χ0n) is 11.5. The number of urea groups is 1. The van der Waals surface area contributed by atoms with E-state index < -0.39 is 12.0 Å². The molecule has 1 aromatic rings. The first-order valence-electron chi connectivity index (χ1n) is 6.66. The van der Waals surface area contributed by atoms with Crippen LogP contribution in [-0.4, -0.2) is 42.6 Å². The van der Waals surface area contributed by atoms with E-state index in [0.717, 1.165) is 17.7 Å². The molecule has 6 heteroatoms. The van der Waals surface area contributed by atoms with Crippen LogP contribution in [0.4, 0.5) is 10.5 Å². The van der Waals surface area contributed by atoms with Gasteiger partial charge in [-0.25, -0.2) is 4.79 Å². The molecule has 20 heavy (non-hydrogen) atoms. The number of nitrogens with zero attached hydrogens (tertiary/aromatic N) is 1. The average molecular weight is 277 g/mol. The summed E-state index contributed by atoms with van der Waals surface area (Å²) < 4.78 is 5.21. The number of amides is 3. The lowest BCUT2D eigenvalue weighted by Crippen LogP contribution is -2.51. The zero-order valence-corrected chi connectivity index (χ0v) is 11.5. The minimum atomic E-state index is -0.725. The standard InChI is InChI=1S/C14H19N3O3/c1-2-10-4-3-5-11(8-10)16-14(19)17-6-7-20-12(9-17)13(15)18/h3-5,8,12H,2,6-7,9H2,1H3,(H2,15,18)(H,16,19). The molecule has 0 aromatic heterocycles. The number of ether oxygens (including phenoxy) is 1. The van der Waals surface area contributed by atoms with E-state index in [2.05, 4.69) is 12.2 Å². The summed E-state index contributed by atoms with van der Waals surface area (Å²) in [5.74, 6) is -0.546. The maximum atomic E-state index is 12.1.